The Morgan fingerprint density at radius 2 is 2.29 bits per heavy atom. The Morgan fingerprint density at radius 1 is 1.53 bits per heavy atom. The molecule has 0 bridgehead atoms. The zero-order valence-corrected chi connectivity index (χ0v) is 10.6. The maximum atomic E-state index is 10.7. The van der Waals surface area contributed by atoms with Gasteiger partial charge in [0.1, 0.15) is 0 Å². The summed E-state index contributed by atoms with van der Waals surface area (Å²) in [5.41, 5.74) is 9.93. The highest BCUT2D eigenvalue weighted by Gasteiger charge is 2.39. The average molecular weight is 235 g/mol. The number of rotatable bonds is 1. The Hall–Kier alpha value is -1.32. The lowest BCUT2D eigenvalue weighted by Gasteiger charge is -2.41. The van der Waals surface area contributed by atoms with Crippen LogP contribution in [0.3, 0.4) is 0 Å². The van der Waals surface area contributed by atoms with Crippen LogP contribution in [0.1, 0.15) is 46.0 Å². The number of hydrogen-bond acceptors (Lipinski definition) is 2. The number of nitrogens with two attached hydrogens (primary N) is 1. The van der Waals surface area contributed by atoms with E-state index in [2.05, 4.69) is 30.5 Å². The molecule has 3 N–H and O–H groups in total. The standard InChI is InChI=1S/C13H21N3O/c1-13(2)10-6-4-3-5-9(10)7-8-11(13)15-16-12(14)17/h6,9H,3-5,7-8H2,1-2H3,(H3,14,16,17)/b15-11-/t9-/m0/s1. The first kappa shape index (κ1) is 12.1. The minimum absolute atomic E-state index is 0.0359. The molecule has 4 heteroatoms. The molecule has 0 aliphatic heterocycles. The van der Waals surface area contributed by atoms with Crippen molar-refractivity contribution in [3.8, 4) is 0 Å². The lowest BCUT2D eigenvalue weighted by molar-refractivity contribution is 0.249. The van der Waals surface area contributed by atoms with Gasteiger partial charge >= 0.3 is 6.03 Å². The van der Waals surface area contributed by atoms with Gasteiger partial charge in [0.2, 0.25) is 0 Å². The fourth-order valence-corrected chi connectivity index (χ4v) is 3.12. The second-order valence-corrected chi connectivity index (χ2v) is 5.49. The monoisotopic (exact) mass is 235 g/mol. The molecule has 2 rings (SSSR count). The van der Waals surface area contributed by atoms with Gasteiger partial charge < -0.3 is 5.73 Å². The summed E-state index contributed by atoms with van der Waals surface area (Å²) in [7, 11) is 0. The van der Waals surface area contributed by atoms with Crippen LogP contribution in [0.2, 0.25) is 0 Å². The van der Waals surface area contributed by atoms with Crippen molar-refractivity contribution in [1.29, 1.82) is 0 Å². The molecule has 0 saturated heterocycles. The van der Waals surface area contributed by atoms with E-state index in [1.165, 1.54) is 24.8 Å². The lowest BCUT2D eigenvalue weighted by Crippen LogP contribution is -2.38. The molecule has 0 heterocycles. The maximum absolute atomic E-state index is 10.7. The number of allylic oxidation sites excluding steroid dienone is 2. The van der Waals surface area contributed by atoms with Gasteiger partial charge in [-0.1, -0.05) is 25.5 Å². The summed E-state index contributed by atoms with van der Waals surface area (Å²) in [5.74, 6) is 0.714. The first-order chi connectivity index (χ1) is 8.01. The van der Waals surface area contributed by atoms with Gasteiger partial charge in [-0.2, -0.15) is 5.10 Å². The quantitative estimate of drug-likeness (QED) is 0.532. The third kappa shape index (κ3) is 2.35. The lowest BCUT2D eigenvalue weighted by atomic mass is 9.63. The molecule has 94 valence electrons. The second-order valence-electron chi connectivity index (χ2n) is 5.49. The summed E-state index contributed by atoms with van der Waals surface area (Å²) in [6, 6.07) is -0.590. The number of urea groups is 1. The van der Waals surface area contributed by atoms with Crippen molar-refractivity contribution in [2.45, 2.75) is 46.0 Å². The fraction of sp³-hybridized carbons (Fsp3) is 0.692. The summed E-state index contributed by atoms with van der Waals surface area (Å²) >= 11 is 0. The third-order valence-electron chi connectivity index (χ3n) is 4.03. The van der Waals surface area contributed by atoms with Crippen LogP contribution in [-0.2, 0) is 0 Å². The molecule has 0 spiro atoms. The Labute approximate surface area is 102 Å². The molecule has 4 nitrogen and oxygen atoms in total. The van der Waals surface area contributed by atoms with Crippen LogP contribution in [0.5, 0.6) is 0 Å². The van der Waals surface area contributed by atoms with Gasteiger partial charge in [0.05, 0.1) is 0 Å². The highest BCUT2D eigenvalue weighted by Crippen LogP contribution is 2.45. The molecule has 17 heavy (non-hydrogen) atoms. The number of amides is 2. The van der Waals surface area contributed by atoms with Gasteiger partial charge in [0, 0.05) is 11.1 Å². The summed E-state index contributed by atoms with van der Waals surface area (Å²) in [6.45, 7) is 4.38. The molecular weight excluding hydrogens is 214 g/mol. The minimum atomic E-state index is -0.590. The van der Waals surface area contributed by atoms with Crippen LogP contribution >= 0.6 is 0 Å². The largest absolute Gasteiger partial charge is 0.350 e. The highest BCUT2D eigenvalue weighted by atomic mass is 16.2. The molecule has 2 aliphatic rings. The van der Waals surface area contributed by atoms with Crippen molar-refractivity contribution in [3.05, 3.63) is 11.6 Å². The Balaban J connectivity index is 2.24. The number of carbonyl (C=O) groups is 1. The zero-order valence-electron chi connectivity index (χ0n) is 10.6. The van der Waals surface area contributed by atoms with E-state index in [1.807, 2.05) is 0 Å². The number of primary amides is 1. The number of nitrogens with zero attached hydrogens (tertiary/aromatic N) is 1. The maximum Gasteiger partial charge on any atom is 0.332 e. The molecule has 0 radical (unpaired) electrons. The van der Waals surface area contributed by atoms with E-state index in [0.29, 0.717) is 5.92 Å². The van der Waals surface area contributed by atoms with Crippen LogP contribution in [0.25, 0.3) is 0 Å². The summed E-state index contributed by atoms with van der Waals surface area (Å²) in [5, 5.41) is 4.18. The number of hydrazone groups is 1. The van der Waals surface area contributed by atoms with E-state index < -0.39 is 6.03 Å². The molecule has 0 aromatic heterocycles. The fourth-order valence-electron chi connectivity index (χ4n) is 3.12. The number of nitrogens with one attached hydrogen (secondary N) is 1. The number of hydrogen-bond donors (Lipinski definition) is 2. The first-order valence-corrected chi connectivity index (χ1v) is 6.35. The molecule has 2 aliphatic carbocycles. The van der Waals surface area contributed by atoms with Gasteiger partial charge in [0.15, 0.2) is 0 Å². The van der Waals surface area contributed by atoms with E-state index in [0.717, 1.165) is 18.6 Å². The van der Waals surface area contributed by atoms with E-state index in [9.17, 15) is 4.79 Å². The van der Waals surface area contributed by atoms with Gasteiger partial charge in [0.25, 0.3) is 0 Å². The van der Waals surface area contributed by atoms with Crippen LogP contribution < -0.4 is 11.2 Å². The van der Waals surface area contributed by atoms with Crippen LogP contribution in [0.15, 0.2) is 16.8 Å². The molecule has 1 atom stereocenters. The normalized spacial score (nSPS) is 29.4. The first-order valence-electron chi connectivity index (χ1n) is 6.35. The predicted molar refractivity (Wildman–Crippen MR) is 68.6 cm³/mol. The minimum Gasteiger partial charge on any atom is -0.350 e. The summed E-state index contributed by atoms with van der Waals surface area (Å²) in [6.07, 6.45) is 8.24. The predicted octanol–water partition coefficient (Wildman–Crippen LogP) is 2.56. The van der Waals surface area contributed by atoms with Crippen molar-refractivity contribution in [3.63, 3.8) is 0 Å². The third-order valence-corrected chi connectivity index (χ3v) is 4.03. The summed E-state index contributed by atoms with van der Waals surface area (Å²) < 4.78 is 0. The van der Waals surface area contributed by atoms with E-state index in [4.69, 9.17) is 5.73 Å². The van der Waals surface area contributed by atoms with Crippen LogP contribution in [0.4, 0.5) is 4.79 Å². The number of fused-ring (bicyclic) bond motifs is 1. The van der Waals surface area contributed by atoms with E-state index in [1.54, 1.807) is 0 Å². The molecule has 0 unspecified atom stereocenters. The van der Waals surface area contributed by atoms with Gasteiger partial charge in [-0.15, -0.1) is 0 Å². The molecule has 1 fully saturated rings. The average Bonchev–Trinajstić information content (AvgIpc) is 2.28. The van der Waals surface area contributed by atoms with E-state index >= 15 is 0 Å². The molecule has 2 amide bonds. The van der Waals surface area contributed by atoms with Crippen LogP contribution in [-0.4, -0.2) is 11.7 Å². The number of carbonyl (C=O) groups excluding carboxylic acids is 1. The van der Waals surface area contributed by atoms with Crippen molar-refractivity contribution in [2.24, 2.45) is 22.2 Å². The van der Waals surface area contributed by atoms with Gasteiger partial charge in [-0.25, -0.2) is 10.2 Å². The molecule has 1 saturated carbocycles. The summed E-state index contributed by atoms with van der Waals surface area (Å²) in [4.78, 5) is 10.7. The second kappa shape index (κ2) is 4.51. The topological polar surface area (TPSA) is 67.5 Å². The van der Waals surface area contributed by atoms with Crippen molar-refractivity contribution in [1.82, 2.24) is 5.43 Å². The van der Waals surface area contributed by atoms with Crippen molar-refractivity contribution in [2.75, 3.05) is 0 Å². The SMILES string of the molecule is CC1(C)C2=CCCC[C@H]2CC/C1=N/NC(N)=O. The van der Waals surface area contributed by atoms with Crippen LogP contribution in [0, 0.1) is 11.3 Å². The Bertz CT molecular complexity index is 382. The Kier molecular flexibility index (Phi) is 3.22. The van der Waals surface area contributed by atoms with Gasteiger partial charge in [-0.3, -0.25) is 0 Å². The Morgan fingerprint density at radius 3 is 3.00 bits per heavy atom. The highest BCUT2D eigenvalue weighted by molar-refractivity contribution is 5.94. The smallest absolute Gasteiger partial charge is 0.332 e. The molecule has 0 aromatic rings. The van der Waals surface area contributed by atoms with Gasteiger partial charge in [-0.05, 0) is 38.0 Å². The zero-order chi connectivity index (χ0) is 12.5. The molecular formula is C13H21N3O. The van der Waals surface area contributed by atoms with Crippen molar-refractivity contribution >= 4 is 11.7 Å². The van der Waals surface area contributed by atoms with Crippen molar-refractivity contribution < 1.29 is 4.79 Å². The molecule has 0 aromatic carbocycles. The van der Waals surface area contributed by atoms with E-state index in [-0.39, 0.29) is 5.41 Å².